The van der Waals surface area contributed by atoms with Crippen LogP contribution in [0.25, 0.3) is 16.7 Å². The molecule has 0 spiro atoms. The Balaban J connectivity index is 0.000000275. The summed E-state index contributed by atoms with van der Waals surface area (Å²) in [7, 11) is 0. The molecule has 3 aromatic heterocycles. The van der Waals surface area contributed by atoms with E-state index in [-0.39, 0.29) is 17.9 Å². The van der Waals surface area contributed by atoms with Gasteiger partial charge in [-0.25, -0.2) is 9.97 Å². The maximum atomic E-state index is 9.76. The number of rotatable bonds is 4. The van der Waals surface area contributed by atoms with Crippen LogP contribution in [0.1, 0.15) is 56.5 Å². The number of nitrogens with one attached hydrogen (secondary N) is 1. The van der Waals surface area contributed by atoms with Crippen molar-refractivity contribution in [3.05, 3.63) is 30.0 Å². The van der Waals surface area contributed by atoms with Gasteiger partial charge in [-0.3, -0.25) is 8.61 Å². The van der Waals surface area contributed by atoms with Crippen LogP contribution in [0.5, 0.6) is 0 Å². The summed E-state index contributed by atoms with van der Waals surface area (Å²) in [6.07, 6.45) is 8.55. The Bertz CT molecular complexity index is 996. The van der Waals surface area contributed by atoms with Crippen molar-refractivity contribution in [3.63, 3.8) is 0 Å². The van der Waals surface area contributed by atoms with E-state index < -0.39 is 11.1 Å². The summed E-state index contributed by atoms with van der Waals surface area (Å²) in [5.74, 6) is 1.91. The first kappa shape index (κ1) is 19.5. The highest BCUT2D eigenvalue weighted by atomic mass is 32.2. The van der Waals surface area contributed by atoms with E-state index in [9.17, 15) is 13.9 Å². The van der Waals surface area contributed by atoms with Crippen molar-refractivity contribution >= 4 is 27.8 Å². The van der Waals surface area contributed by atoms with E-state index >= 15 is 0 Å². The van der Waals surface area contributed by atoms with E-state index in [0.29, 0.717) is 17.5 Å². The van der Waals surface area contributed by atoms with Crippen LogP contribution >= 0.6 is 0 Å². The summed E-state index contributed by atoms with van der Waals surface area (Å²) < 4.78 is 21.7. The zero-order valence-corrected chi connectivity index (χ0v) is 16.7. The average molecular weight is 405 g/mol. The maximum absolute atomic E-state index is 9.76. The van der Waals surface area contributed by atoms with Crippen LogP contribution in [0.2, 0.25) is 0 Å². The number of aromatic nitrogens is 4. The van der Waals surface area contributed by atoms with Crippen molar-refractivity contribution in [2.45, 2.75) is 62.8 Å². The Morgan fingerprint density at radius 2 is 2.18 bits per heavy atom. The molecule has 2 aliphatic rings. The molecule has 152 valence electrons. The van der Waals surface area contributed by atoms with Crippen LogP contribution in [0, 0.1) is 5.92 Å². The van der Waals surface area contributed by atoms with Crippen LogP contribution < -0.4 is 5.73 Å². The molecule has 3 aromatic rings. The van der Waals surface area contributed by atoms with Gasteiger partial charge < -0.3 is 20.4 Å². The van der Waals surface area contributed by atoms with E-state index in [1.807, 2.05) is 12.3 Å². The minimum atomic E-state index is -1.76. The Labute approximate surface area is 165 Å². The molecule has 0 radical (unpaired) electrons. The summed E-state index contributed by atoms with van der Waals surface area (Å²) >= 11 is -1.76. The molecule has 2 fully saturated rings. The Morgan fingerprint density at radius 1 is 1.39 bits per heavy atom. The number of imidazole rings is 1. The minimum absolute atomic E-state index is 0.0185. The summed E-state index contributed by atoms with van der Waals surface area (Å²) in [5.41, 5.74) is 9.63. The fraction of sp³-hybridized carbons (Fsp3) is 0.579. The molecule has 0 bridgehead atoms. The molecular formula is C19H26N5O3S-. The number of aliphatic hydroxyl groups is 1. The summed E-state index contributed by atoms with van der Waals surface area (Å²) in [6, 6.07) is 2.25. The van der Waals surface area contributed by atoms with Crippen molar-refractivity contribution in [2.75, 3.05) is 0 Å². The lowest BCUT2D eigenvalue weighted by Gasteiger charge is -2.16. The van der Waals surface area contributed by atoms with Gasteiger partial charge in [-0.1, -0.05) is 24.4 Å². The van der Waals surface area contributed by atoms with E-state index in [1.165, 1.54) is 0 Å². The van der Waals surface area contributed by atoms with Gasteiger partial charge in [0.15, 0.2) is 5.65 Å². The molecule has 2 saturated carbocycles. The Kier molecular flexibility index (Phi) is 5.50. The first-order valence-electron chi connectivity index (χ1n) is 9.81. The van der Waals surface area contributed by atoms with Crippen molar-refractivity contribution in [3.8, 4) is 0 Å². The van der Waals surface area contributed by atoms with Gasteiger partial charge in [0.2, 0.25) is 0 Å². The summed E-state index contributed by atoms with van der Waals surface area (Å²) in [4.78, 5) is 12.3. The molecule has 4 N–H and O–H groups in total. The molecule has 0 saturated heterocycles. The Morgan fingerprint density at radius 3 is 2.79 bits per heavy atom. The predicted molar refractivity (Wildman–Crippen MR) is 106 cm³/mol. The standard InChI is InChI=1S/C16H21N5O.C3H6O2S/c1-2-9-5-10(17)6-11(9)16-20-12(8-22)14-7-19-15-13(21(14)16)3-4-18-15;4-6(5)3-1-2-3/h3-4,7,9-11,18,22H,2,5-6,8,17H2,1H3;3H,1-2H2,(H,4,5)/p-1/t9-,10+,11?;/m1./s1. The largest absolute Gasteiger partial charge is 0.772 e. The fourth-order valence-corrected chi connectivity index (χ4v) is 4.73. The number of hydrogen-bond donors (Lipinski definition) is 3. The van der Waals surface area contributed by atoms with Crippen molar-refractivity contribution in [1.29, 1.82) is 0 Å². The predicted octanol–water partition coefficient (Wildman–Crippen LogP) is 1.96. The van der Waals surface area contributed by atoms with E-state index in [1.54, 1.807) is 6.20 Å². The maximum Gasteiger partial charge on any atom is 0.154 e. The minimum Gasteiger partial charge on any atom is -0.772 e. The normalized spacial score (nSPS) is 25.8. The molecule has 0 amide bonds. The number of nitrogens with two attached hydrogens (primary N) is 1. The summed E-state index contributed by atoms with van der Waals surface area (Å²) in [5, 5.41) is 9.67. The first-order valence-corrected chi connectivity index (χ1v) is 10.9. The van der Waals surface area contributed by atoms with E-state index in [0.717, 1.165) is 54.6 Å². The zero-order valence-electron chi connectivity index (χ0n) is 15.9. The first-order chi connectivity index (χ1) is 13.5. The Hall–Kier alpha value is -1.81. The lowest BCUT2D eigenvalue weighted by molar-refractivity contribution is 0.278. The van der Waals surface area contributed by atoms with Gasteiger partial charge >= 0.3 is 0 Å². The monoisotopic (exact) mass is 404 g/mol. The number of fused-ring (bicyclic) bond motifs is 3. The highest BCUT2D eigenvalue weighted by molar-refractivity contribution is 7.80. The molecule has 5 rings (SSSR count). The molecule has 0 aromatic carbocycles. The molecule has 9 heteroatoms. The quantitative estimate of drug-likeness (QED) is 0.570. The second-order valence-electron chi connectivity index (χ2n) is 7.73. The van der Waals surface area contributed by atoms with Crippen molar-refractivity contribution < 1.29 is 13.9 Å². The highest BCUT2D eigenvalue weighted by Crippen LogP contribution is 2.41. The number of hydrogen-bond acceptors (Lipinski definition) is 6. The zero-order chi connectivity index (χ0) is 19.8. The van der Waals surface area contributed by atoms with Gasteiger partial charge in [0.25, 0.3) is 0 Å². The smallest absolute Gasteiger partial charge is 0.154 e. The lowest BCUT2D eigenvalue weighted by atomic mass is 9.93. The van der Waals surface area contributed by atoms with Gasteiger partial charge in [-0.2, -0.15) is 0 Å². The van der Waals surface area contributed by atoms with E-state index in [2.05, 4.69) is 21.3 Å². The highest BCUT2D eigenvalue weighted by Gasteiger charge is 2.35. The van der Waals surface area contributed by atoms with Crippen LogP contribution in [0.4, 0.5) is 0 Å². The SMILES string of the molecule is CC[C@@H]1C[C@H](N)CC1c1nc(CO)c2cnc3[nH]ccc3n12.O=S([O-])C1CC1. The second-order valence-corrected chi connectivity index (χ2v) is 8.92. The molecule has 0 aliphatic heterocycles. The van der Waals surface area contributed by atoms with Crippen LogP contribution in [0.15, 0.2) is 18.5 Å². The number of H-pyrrole nitrogens is 1. The fourth-order valence-electron chi connectivity index (χ4n) is 4.21. The van der Waals surface area contributed by atoms with Crippen molar-refractivity contribution in [1.82, 2.24) is 19.4 Å². The molecule has 8 nitrogen and oxygen atoms in total. The molecule has 2 aliphatic carbocycles. The molecule has 2 unspecified atom stereocenters. The molecular weight excluding hydrogens is 378 g/mol. The van der Waals surface area contributed by atoms with Crippen LogP contribution in [-0.2, 0) is 17.7 Å². The third-order valence-electron chi connectivity index (χ3n) is 5.81. The van der Waals surface area contributed by atoms with Crippen molar-refractivity contribution in [2.24, 2.45) is 11.7 Å². The van der Waals surface area contributed by atoms with Gasteiger partial charge in [-0.15, -0.1) is 0 Å². The number of aliphatic hydroxyl groups excluding tert-OH is 1. The van der Waals surface area contributed by atoms with E-state index in [4.69, 9.17) is 10.7 Å². The van der Waals surface area contributed by atoms with Gasteiger partial charge in [-0.05, 0) is 37.7 Å². The van der Waals surface area contributed by atoms with Crippen LogP contribution in [0.3, 0.4) is 0 Å². The van der Waals surface area contributed by atoms with Gasteiger partial charge in [0, 0.05) is 23.4 Å². The third kappa shape index (κ3) is 3.59. The molecule has 4 atom stereocenters. The van der Waals surface area contributed by atoms with Gasteiger partial charge in [0.05, 0.1) is 29.5 Å². The lowest BCUT2D eigenvalue weighted by Crippen LogP contribution is -2.15. The molecule has 3 heterocycles. The average Bonchev–Trinajstić information content (AvgIpc) is 3.15. The second kappa shape index (κ2) is 7.90. The van der Waals surface area contributed by atoms with Crippen LogP contribution in [-0.4, -0.2) is 44.5 Å². The molecule has 28 heavy (non-hydrogen) atoms. The number of aromatic amines is 1. The topological polar surface area (TPSA) is 132 Å². The summed E-state index contributed by atoms with van der Waals surface area (Å²) in [6.45, 7) is 2.14. The van der Waals surface area contributed by atoms with Gasteiger partial charge in [0.1, 0.15) is 5.82 Å². The third-order valence-corrected chi connectivity index (χ3v) is 6.83. The number of nitrogens with zero attached hydrogens (tertiary/aromatic N) is 3.